The second-order valence-electron chi connectivity index (χ2n) is 9.28. The summed E-state index contributed by atoms with van der Waals surface area (Å²) in [7, 11) is -0.415. The van der Waals surface area contributed by atoms with Crippen LogP contribution in [0.4, 0.5) is 4.79 Å². The minimum atomic E-state index is -0.482. The highest BCUT2D eigenvalue weighted by Crippen LogP contribution is 2.39. The molecular formula is C19H32BN3O4. The maximum atomic E-state index is 12.3. The summed E-state index contributed by atoms with van der Waals surface area (Å²) in [4.78, 5) is 14.0. The molecule has 0 saturated carbocycles. The van der Waals surface area contributed by atoms with Crippen molar-refractivity contribution in [3.05, 3.63) is 12.4 Å². The summed E-state index contributed by atoms with van der Waals surface area (Å²) in [5.74, 6) is 0. The highest BCUT2D eigenvalue weighted by molar-refractivity contribution is 6.62. The van der Waals surface area contributed by atoms with Crippen LogP contribution in [0.3, 0.4) is 0 Å². The predicted octanol–water partition coefficient (Wildman–Crippen LogP) is 2.75. The third-order valence-electron chi connectivity index (χ3n) is 5.80. The molecule has 2 unspecified atom stereocenters. The highest BCUT2D eigenvalue weighted by atomic mass is 16.7. The fourth-order valence-electron chi connectivity index (χ4n) is 3.56. The van der Waals surface area contributed by atoms with E-state index in [1.165, 1.54) is 0 Å². The van der Waals surface area contributed by atoms with Crippen molar-refractivity contribution in [1.29, 1.82) is 0 Å². The van der Waals surface area contributed by atoms with Gasteiger partial charge >= 0.3 is 13.2 Å². The van der Waals surface area contributed by atoms with Crippen molar-refractivity contribution in [1.82, 2.24) is 14.7 Å². The number of hydrogen-bond donors (Lipinski definition) is 0. The van der Waals surface area contributed by atoms with Gasteiger partial charge in [-0.3, -0.25) is 4.68 Å². The van der Waals surface area contributed by atoms with Gasteiger partial charge in [-0.2, -0.15) is 5.10 Å². The van der Waals surface area contributed by atoms with E-state index >= 15 is 0 Å². The summed E-state index contributed by atoms with van der Waals surface area (Å²) in [5, 5.41) is 4.51. The second-order valence-corrected chi connectivity index (χ2v) is 9.28. The van der Waals surface area contributed by atoms with Crippen molar-refractivity contribution < 1.29 is 18.8 Å². The maximum Gasteiger partial charge on any atom is 0.498 e. The lowest BCUT2D eigenvalue weighted by Crippen LogP contribution is -2.44. The van der Waals surface area contributed by atoms with E-state index in [1.807, 2.05) is 31.6 Å². The molecular weight excluding hydrogens is 345 g/mol. The van der Waals surface area contributed by atoms with Gasteiger partial charge in [0, 0.05) is 30.9 Å². The molecule has 0 N–H and O–H groups in total. The molecule has 0 radical (unpaired) electrons. The van der Waals surface area contributed by atoms with E-state index in [0.717, 1.165) is 18.3 Å². The Bertz CT molecular complexity index is 699. The minimum absolute atomic E-state index is 0.137. The lowest BCUT2D eigenvalue weighted by molar-refractivity contribution is -0.0118. The van der Waals surface area contributed by atoms with Gasteiger partial charge in [0.2, 0.25) is 0 Å². The summed E-state index contributed by atoms with van der Waals surface area (Å²) in [6.07, 6.45) is 5.24. The molecule has 2 aliphatic heterocycles. The van der Waals surface area contributed by atoms with Crippen molar-refractivity contribution in [2.75, 3.05) is 13.1 Å². The molecule has 1 aromatic heterocycles. The summed E-state index contributed by atoms with van der Waals surface area (Å²) in [5.41, 5.74) is -0.268. The molecule has 0 aromatic carbocycles. The SMILES string of the molecule is CCC1(C)OB(c2cnn(C3CCN(C(=O)OC(C)(C)C)C3)c2)OC1(C)C. The Kier molecular flexibility index (Phi) is 5.10. The molecule has 1 aromatic rings. The Morgan fingerprint density at radius 3 is 2.67 bits per heavy atom. The van der Waals surface area contributed by atoms with Crippen LogP contribution in [0.15, 0.2) is 12.4 Å². The van der Waals surface area contributed by atoms with Gasteiger partial charge in [-0.15, -0.1) is 0 Å². The van der Waals surface area contributed by atoms with Gasteiger partial charge in [0.15, 0.2) is 0 Å². The van der Waals surface area contributed by atoms with Crippen LogP contribution in [0.5, 0.6) is 0 Å². The van der Waals surface area contributed by atoms with Gasteiger partial charge in [-0.25, -0.2) is 4.79 Å². The van der Waals surface area contributed by atoms with E-state index in [0.29, 0.717) is 13.1 Å². The predicted molar refractivity (Wildman–Crippen MR) is 104 cm³/mol. The van der Waals surface area contributed by atoms with Gasteiger partial charge in [0.1, 0.15) is 5.60 Å². The molecule has 3 rings (SSSR count). The Morgan fingerprint density at radius 1 is 1.37 bits per heavy atom. The Balaban J connectivity index is 1.65. The van der Waals surface area contributed by atoms with E-state index in [9.17, 15) is 4.79 Å². The number of aromatic nitrogens is 2. The first-order valence-electron chi connectivity index (χ1n) is 9.82. The van der Waals surface area contributed by atoms with Crippen LogP contribution in [0.2, 0.25) is 0 Å². The molecule has 3 heterocycles. The van der Waals surface area contributed by atoms with Gasteiger partial charge in [-0.05, 0) is 54.4 Å². The van der Waals surface area contributed by atoms with E-state index in [1.54, 1.807) is 11.1 Å². The standard InChI is InChI=1S/C19H32BN3O4/c1-8-19(7)18(5,6)26-20(27-19)14-11-21-23(12-14)15-9-10-22(13-15)16(24)25-17(2,3)4/h11-12,15H,8-10,13H2,1-7H3. The van der Waals surface area contributed by atoms with Crippen molar-refractivity contribution in [2.24, 2.45) is 0 Å². The van der Waals surface area contributed by atoms with Crippen LogP contribution < -0.4 is 5.46 Å². The number of likely N-dealkylation sites (tertiary alicyclic amines) is 1. The molecule has 1 amide bonds. The minimum Gasteiger partial charge on any atom is -0.444 e. The smallest absolute Gasteiger partial charge is 0.444 e. The fraction of sp³-hybridized carbons (Fsp3) is 0.789. The van der Waals surface area contributed by atoms with Crippen molar-refractivity contribution in [3.63, 3.8) is 0 Å². The van der Waals surface area contributed by atoms with Gasteiger partial charge in [0.05, 0.1) is 17.2 Å². The van der Waals surface area contributed by atoms with Crippen LogP contribution >= 0.6 is 0 Å². The number of ether oxygens (including phenoxy) is 1. The topological polar surface area (TPSA) is 65.8 Å². The number of carbonyl (C=O) groups is 1. The Labute approximate surface area is 162 Å². The normalized spacial score (nSPS) is 28.0. The van der Waals surface area contributed by atoms with Gasteiger partial charge in [-0.1, -0.05) is 6.92 Å². The van der Waals surface area contributed by atoms with Crippen LogP contribution in [-0.2, 0) is 14.0 Å². The van der Waals surface area contributed by atoms with E-state index in [4.69, 9.17) is 14.0 Å². The zero-order valence-electron chi connectivity index (χ0n) is 17.6. The Morgan fingerprint density at radius 2 is 2.07 bits per heavy atom. The number of nitrogens with zero attached hydrogens (tertiary/aromatic N) is 3. The molecule has 2 aliphatic rings. The maximum absolute atomic E-state index is 12.3. The van der Waals surface area contributed by atoms with Crippen LogP contribution in [0.25, 0.3) is 0 Å². The molecule has 2 atom stereocenters. The van der Waals surface area contributed by atoms with Crippen molar-refractivity contribution in [3.8, 4) is 0 Å². The quantitative estimate of drug-likeness (QED) is 0.758. The molecule has 2 saturated heterocycles. The summed E-state index contributed by atoms with van der Waals surface area (Å²) < 4.78 is 19.8. The first kappa shape index (κ1) is 20.2. The third kappa shape index (κ3) is 4.01. The van der Waals surface area contributed by atoms with E-state index in [-0.39, 0.29) is 23.3 Å². The van der Waals surface area contributed by atoms with E-state index in [2.05, 4.69) is 32.8 Å². The molecule has 0 aliphatic carbocycles. The van der Waals surface area contributed by atoms with Crippen LogP contribution in [0, 0.1) is 0 Å². The first-order valence-corrected chi connectivity index (χ1v) is 9.82. The lowest BCUT2D eigenvalue weighted by atomic mass is 9.82. The average molecular weight is 377 g/mol. The van der Waals surface area contributed by atoms with Crippen molar-refractivity contribution in [2.45, 2.75) is 84.2 Å². The molecule has 0 bridgehead atoms. The van der Waals surface area contributed by atoms with Gasteiger partial charge < -0.3 is 18.9 Å². The molecule has 8 heteroatoms. The second kappa shape index (κ2) is 6.81. The number of hydrogen-bond acceptors (Lipinski definition) is 5. The molecule has 7 nitrogen and oxygen atoms in total. The Hall–Kier alpha value is -1.54. The fourth-order valence-corrected chi connectivity index (χ4v) is 3.56. The lowest BCUT2D eigenvalue weighted by Gasteiger charge is -2.35. The summed E-state index contributed by atoms with van der Waals surface area (Å²) in [6.45, 7) is 15.2. The summed E-state index contributed by atoms with van der Waals surface area (Å²) in [6, 6.07) is 0.137. The van der Waals surface area contributed by atoms with Gasteiger partial charge in [0.25, 0.3) is 0 Å². The zero-order chi connectivity index (χ0) is 20.0. The summed E-state index contributed by atoms with van der Waals surface area (Å²) >= 11 is 0. The molecule has 150 valence electrons. The molecule has 27 heavy (non-hydrogen) atoms. The number of carbonyl (C=O) groups excluding carboxylic acids is 1. The monoisotopic (exact) mass is 377 g/mol. The van der Waals surface area contributed by atoms with Crippen LogP contribution in [0.1, 0.15) is 67.3 Å². The highest BCUT2D eigenvalue weighted by Gasteiger charge is 2.53. The third-order valence-corrected chi connectivity index (χ3v) is 5.80. The average Bonchev–Trinajstić information content (AvgIpc) is 3.24. The number of amides is 1. The van der Waals surface area contributed by atoms with Crippen molar-refractivity contribution >= 4 is 18.7 Å². The molecule has 0 spiro atoms. The largest absolute Gasteiger partial charge is 0.498 e. The zero-order valence-corrected chi connectivity index (χ0v) is 17.6. The van der Waals surface area contributed by atoms with Crippen LogP contribution in [-0.4, -0.2) is 57.8 Å². The number of rotatable bonds is 3. The molecule has 2 fully saturated rings. The van der Waals surface area contributed by atoms with E-state index < -0.39 is 12.7 Å². The first-order chi connectivity index (χ1) is 12.4.